The quantitative estimate of drug-likeness (QED) is 0.468. The van der Waals surface area contributed by atoms with Crippen molar-refractivity contribution in [3.63, 3.8) is 0 Å². The molecule has 0 spiro atoms. The summed E-state index contributed by atoms with van der Waals surface area (Å²) >= 11 is 0. The van der Waals surface area contributed by atoms with Crippen molar-refractivity contribution in [2.24, 2.45) is 11.8 Å². The van der Waals surface area contributed by atoms with Gasteiger partial charge in [0.05, 0.1) is 0 Å². The number of aromatic amines is 1. The van der Waals surface area contributed by atoms with E-state index >= 15 is 0 Å². The van der Waals surface area contributed by atoms with Crippen molar-refractivity contribution in [1.29, 1.82) is 0 Å². The van der Waals surface area contributed by atoms with E-state index in [1.54, 1.807) is 6.07 Å². The lowest BCUT2D eigenvalue weighted by Crippen LogP contribution is -2.47. The number of fused-ring (bicyclic) bond motifs is 1. The molecular weight excluding hydrogens is 452 g/mol. The van der Waals surface area contributed by atoms with Gasteiger partial charge < -0.3 is 15.5 Å². The van der Waals surface area contributed by atoms with E-state index in [1.165, 1.54) is 14.1 Å². The largest absolute Gasteiger partial charge is 0.383 e. The number of piperidine rings is 1. The molecule has 4 rings (SSSR count). The third-order valence-corrected chi connectivity index (χ3v) is 6.26. The Morgan fingerprint density at radius 1 is 1.26 bits per heavy atom. The summed E-state index contributed by atoms with van der Waals surface area (Å²) < 4.78 is 2.72. The number of nitrogens with one attached hydrogen (secondary N) is 1. The van der Waals surface area contributed by atoms with Gasteiger partial charge in [-0.05, 0) is 47.7 Å². The highest BCUT2D eigenvalue weighted by molar-refractivity contribution is 5.97. The summed E-state index contributed by atoms with van der Waals surface area (Å²) in [5.41, 5.74) is 5.76. The second-order valence-corrected chi connectivity index (χ2v) is 9.32. The summed E-state index contributed by atoms with van der Waals surface area (Å²) in [7, 11) is 0. The lowest BCUT2D eigenvalue weighted by molar-refractivity contribution is -0.123. The monoisotopic (exact) mass is 484 g/mol. The Hall–Kier alpha value is -3.77. The van der Waals surface area contributed by atoms with Gasteiger partial charge in [0.1, 0.15) is 5.82 Å². The number of hydrogen-bond donors (Lipinski definition) is 2. The highest BCUT2D eigenvalue weighted by Crippen LogP contribution is 2.27. The Bertz CT molecular complexity index is 1300. The minimum atomic E-state index is -0.631. The minimum absolute atomic E-state index is 0.0354. The third kappa shape index (κ3) is 5.03. The molecule has 35 heavy (non-hydrogen) atoms. The molecule has 3 aromatic rings. The van der Waals surface area contributed by atoms with E-state index in [-0.39, 0.29) is 29.2 Å². The molecule has 1 fully saturated rings. The third-order valence-electron chi connectivity index (χ3n) is 6.26. The number of nitrogens with zero attached hydrogens (tertiary/aromatic N) is 8. The summed E-state index contributed by atoms with van der Waals surface area (Å²) in [6.45, 7) is 7.88. The van der Waals surface area contributed by atoms with Crippen LogP contribution in [0.2, 0.25) is 0 Å². The normalized spacial score (nSPS) is 14.7. The molecule has 1 aliphatic rings. The summed E-state index contributed by atoms with van der Waals surface area (Å²) in [6.07, 6.45) is 2.75. The van der Waals surface area contributed by atoms with Crippen LogP contribution in [0.3, 0.4) is 0 Å². The maximum absolute atomic E-state index is 13.7. The van der Waals surface area contributed by atoms with Gasteiger partial charge in [0.25, 0.3) is 5.56 Å². The number of H-pyrrole nitrogens is 1. The first-order chi connectivity index (χ1) is 16.8. The molecule has 1 amide bonds. The van der Waals surface area contributed by atoms with Crippen molar-refractivity contribution in [3.05, 3.63) is 33.0 Å². The number of tetrazole rings is 1. The van der Waals surface area contributed by atoms with Gasteiger partial charge >= 0.3 is 5.69 Å². The van der Waals surface area contributed by atoms with Gasteiger partial charge in [-0.2, -0.15) is 0 Å². The number of nitrogen functional groups attached to an aromatic ring is 1. The van der Waals surface area contributed by atoms with Crippen LogP contribution in [0.4, 0.5) is 17.3 Å². The Labute approximate surface area is 201 Å². The molecule has 0 atom stereocenters. The molecule has 4 heterocycles. The number of amides is 1. The van der Waals surface area contributed by atoms with Crippen LogP contribution < -0.4 is 26.8 Å². The lowest BCUT2D eigenvalue weighted by Gasteiger charge is -2.35. The van der Waals surface area contributed by atoms with E-state index in [0.717, 1.165) is 12.2 Å². The van der Waals surface area contributed by atoms with Gasteiger partial charge in [0, 0.05) is 32.1 Å². The molecule has 0 saturated carbocycles. The van der Waals surface area contributed by atoms with Gasteiger partial charge in [-0.15, -0.1) is 14.8 Å². The molecule has 13 nitrogen and oxygen atoms in total. The molecule has 0 radical (unpaired) electrons. The second kappa shape index (κ2) is 10.2. The number of unbranched alkanes of at least 4 members (excludes halogenated alkanes) is 1. The number of aromatic nitrogens is 7. The minimum Gasteiger partial charge on any atom is -0.383 e. The van der Waals surface area contributed by atoms with E-state index in [2.05, 4.69) is 30.5 Å². The number of nitrogens with two attached hydrogens (primary N) is 1. The average Bonchev–Trinajstić information content (AvgIpc) is 3.31. The van der Waals surface area contributed by atoms with Crippen LogP contribution in [0.25, 0.3) is 5.65 Å². The van der Waals surface area contributed by atoms with Crippen molar-refractivity contribution in [2.45, 2.75) is 53.0 Å². The first-order valence-corrected chi connectivity index (χ1v) is 12.0. The molecular formula is C22H32N10O3. The maximum Gasteiger partial charge on any atom is 0.330 e. The van der Waals surface area contributed by atoms with Crippen LogP contribution in [0.1, 0.15) is 46.5 Å². The number of anilines is 3. The highest BCUT2D eigenvalue weighted by Gasteiger charge is 2.32. The second-order valence-electron chi connectivity index (χ2n) is 9.32. The van der Waals surface area contributed by atoms with Crippen LogP contribution in [-0.2, 0) is 11.3 Å². The van der Waals surface area contributed by atoms with Gasteiger partial charge in [-0.3, -0.25) is 19.1 Å². The van der Waals surface area contributed by atoms with Gasteiger partial charge in [0.2, 0.25) is 5.91 Å². The fourth-order valence-electron chi connectivity index (χ4n) is 4.42. The molecule has 13 heteroatoms. The standard InChI is InChI=1S/C22H32N10O3/c1-4-5-10-30(18-19(23)31(13-14(2)3)22(35)24-20(18)33)21(34)15-8-11-29(12-9-15)17-7-6-16-25-27-28-32(16)26-17/h6-7,14-15H,4-5,8-13,23H2,1-3H3,(H,24,33,35). The lowest BCUT2D eigenvalue weighted by atomic mass is 9.95. The maximum atomic E-state index is 13.7. The Balaban J connectivity index is 1.56. The SMILES string of the molecule is CCCCN(C(=O)C1CCN(c2ccc3nnnn3n2)CC1)c1c(N)n(CC(C)C)c(=O)[nH]c1=O. The Kier molecular flexibility index (Phi) is 7.12. The first kappa shape index (κ1) is 24.4. The van der Waals surface area contributed by atoms with Crippen molar-refractivity contribution >= 4 is 28.9 Å². The smallest absolute Gasteiger partial charge is 0.330 e. The molecule has 0 bridgehead atoms. The predicted octanol–water partition coefficient (Wildman–Crippen LogP) is 0.657. The predicted molar refractivity (Wildman–Crippen MR) is 131 cm³/mol. The topological polar surface area (TPSA) is 160 Å². The summed E-state index contributed by atoms with van der Waals surface area (Å²) in [5.74, 6) is 0.491. The van der Waals surface area contributed by atoms with E-state index in [4.69, 9.17) is 5.73 Å². The number of carbonyl (C=O) groups excluding carboxylic acids is 1. The van der Waals surface area contributed by atoms with Crippen LogP contribution in [0.5, 0.6) is 0 Å². The van der Waals surface area contributed by atoms with Crippen molar-refractivity contribution in [1.82, 2.24) is 34.8 Å². The number of rotatable bonds is 8. The van der Waals surface area contributed by atoms with Gasteiger partial charge in [-0.1, -0.05) is 27.2 Å². The molecule has 1 aliphatic heterocycles. The fraction of sp³-hybridized carbons (Fsp3) is 0.591. The highest BCUT2D eigenvalue weighted by atomic mass is 16.2. The van der Waals surface area contributed by atoms with Gasteiger partial charge in [-0.25, -0.2) is 4.79 Å². The van der Waals surface area contributed by atoms with Crippen LogP contribution in [-0.4, -0.2) is 60.3 Å². The average molecular weight is 485 g/mol. The first-order valence-electron chi connectivity index (χ1n) is 12.0. The zero-order chi connectivity index (χ0) is 25.1. The van der Waals surface area contributed by atoms with E-state index in [0.29, 0.717) is 51.1 Å². The van der Waals surface area contributed by atoms with E-state index in [1.807, 2.05) is 26.8 Å². The summed E-state index contributed by atoms with van der Waals surface area (Å²) in [4.78, 5) is 44.8. The number of hydrogen-bond acceptors (Lipinski definition) is 9. The molecule has 0 aliphatic carbocycles. The van der Waals surface area contributed by atoms with E-state index < -0.39 is 11.2 Å². The molecule has 3 aromatic heterocycles. The van der Waals surface area contributed by atoms with Gasteiger partial charge in [0.15, 0.2) is 17.2 Å². The zero-order valence-corrected chi connectivity index (χ0v) is 20.3. The molecule has 0 aromatic carbocycles. The Morgan fingerprint density at radius 3 is 2.69 bits per heavy atom. The molecule has 3 N–H and O–H groups in total. The molecule has 0 unspecified atom stereocenters. The fourth-order valence-corrected chi connectivity index (χ4v) is 4.42. The van der Waals surface area contributed by atoms with Crippen molar-refractivity contribution in [2.75, 3.05) is 35.2 Å². The van der Waals surface area contributed by atoms with Crippen LogP contribution in [0, 0.1) is 11.8 Å². The van der Waals surface area contributed by atoms with Crippen LogP contribution in [0.15, 0.2) is 21.7 Å². The summed E-state index contributed by atoms with van der Waals surface area (Å²) in [5, 5.41) is 15.7. The van der Waals surface area contributed by atoms with Crippen molar-refractivity contribution in [3.8, 4) is 0 Å². The van der Waals surface area contributed by atoms with E-state index in [9.17, 15) is 14.4 Å². The summed E-state index contributed by atoms with van der Waals surface area (Å²) in [6, 6.07) is 3.66. The zero-order valence-electron chi connectivity index (χ0n) is 20.3. The van der Waals surface area contributed by atoms with Crippen molar-refractivity contribution < 1.29 is 4.79 Å². The molecule has 1 saturated heterocycles. The molecule has 188 valence electrons. The van der Waals surface area contributed by atoms with Crippen LogP contribution >= 0.6 is 0 Å². The Morgan fingerprint density at radius 2 is 2.00 bits per heavy atom. The number of carbonyl (C=O) groups is 1.